The van der Waals surface area contributed by atoms with Crippen molar-refractivity contribution in [3.05, 3.63) is 22.2 Å². The highest BCUT2D eigenvalue weighted by atomic mass is 35.5. The zero-order valence-electron chi connectivity index (χ0n) is 11.7. The molecule has 1 aliphatic rings. The molecule has 0 aliphatic carbocycles. The molecule has 0 saturated carbocycles. The molecule has 0 aromatic heterocycles. The maximum Gasteiger partial charge on any atom is 0.387 e. The summed E-state index contributed by atoms with van der Waals surface area (Å²) in [7, 11) is 2.11. The van der Waals surface area contributed by atoms with Gasteiger partial charge < -0.3 is 15.0 Å². The molecule has 118 valence electrons. The van der Waals surface area contributed by atoms with Crippen molar-refractivity contribution in [3.63, 3.8) is 0 Å². The summed E-state index contributed by atoms with van der Waals surface area (Å²) in [6.45, 7) is 0.0255. The number of rotatable bonds is 5. The zero-order chi connectivity index (χ0) is 15.4. The number of piperidine rings is 1. The Kier molecular flexibility index (Phi) is 5.90. The van der Waals surface area contributed by atoms with Crippen LogP contribution in [0.1, 0.15) is 12.8 Å². The summed E-state index contributed by atoms with van der Waals surface area (Å²) < 4.78 is 28.8. The summed E-state index contributed by atoms with van der Waals surface area (Å²) in [4.78, 5) is 2.30. The van der Waals surface area contributed by atoms with Crippen molar-refractivity contribution in [3.8, 4) is 5.75 Å². The Morgan fingerprint density at radius 3 is 2.62 bits per heavy atom. The van der Waals surface area contributed by atoms with Gasteiger partial charge in [0.2, 0.25) is 0 Å². The van der Waals surface area contributed by atoms with Gasteiger partial charge in [-0.1, -0.05) is 23.2 Å². The van der Waals surface area contributed by atoms with E-state index in [2.05, 4.69) is 22.0 Å². The average Bonchev–Trinajstić information content (AvgIpc) is 2.40. The largest absolute Gasteiger partial charge is 0.432 e. The van der Waals surface area contributed by atoms with E-state index in [9.17, 15) is 8.78 Å². The van der Waals surface area contributed by atoms with Crippen LogP contribution in [-0.2, 0) is 0 Å². The van der Waals surface area contributed by atoms with E-state index in [4.69, 9.17) is 23.2 Å². The van der Waals surface area contributed by atoms with E-state index in [0.717, 1.165) is 19.6 Å². The highest BCUT2D eigenvalue weighted by Gasteiger charge is 2.18. The van der Waals surface area contributed by atoms with E-state index < -0.39 is 6.61 Å². The number of alkyl halides is 2. The van der Waals surface area contributed by atoms with Gasteiger partial charge in [0.1, 0.15) is 0 Å². The maximum atomic E-state index is 12.2. The molecule has 1 N–H and O–H groups in total. The minimum atomic E-state index is -2.95. The van der Waals surface area contributed by atoms with Gasteiger partial charge in [0.05, 0.1) is 10.0 Å². The van der Waals surface area contributed by atoms with Crippen molar-refractivity contribution >= 4 is 28.9 Å². The number of anilines is 1. The van der Waals surface area contributed by atoms with Gasteiger partial charge in [-0.3, -0.25) is 0 Å². The molecule has 3 nitrogen and oxygen atoms in total. The summed E-state index contributed by atoms with van der Waals surface area (Å²) >= 11 is 11.9. The summed E-state index contributed by atoms with van der Waals surface area (Å²) in [5.74, 6) is 0.370. The van der Waals surface area contributed by atoms with Gasteiger partial charge in [0.15, 0.2) is 5.75 Å². The van der Waals surface area contributed by atoms with Gasteiger partial charge in [-0.05, 0) is 44.5 Å². The van der Waals surface area contributed by atoms with Crippen molar-refractivity contribution < 1.29 is 13.5 Å². The molecule has 0 spiro atoms. The molecule has 0 bridgehead atoms. The second-order valence-electron chi connectivity index (χ2n) is 5.30. The summed E-state index contributed by atoms with van der Waals surface area (Å²) in [5, 5.41) is 3.41. The first-order valence-electron chi connectivity index (χ1n) is 6.82. The fraction of sp³-hybridized carbons (Fsp3) is 0.571. The first-order chi connectivity index (χ1) is 9.95. The van der Waals surface area contributed by atoms with Crippen LogP contribution in [0.4, 0.5) is 14.5 Å². The first-order valence-corrected chi connectivity index (χ1v) is 7.57. The van der Waals surface area contributed by atoms with Crippen LogP contribution in [0.25, 0.3) is 0 Å². The second-order valence-corrected chi connectivity index (χ2v) is 6.11. The zero-order valence-corrected chi connectivity index (χ0v) is 13.2. The van der Waals surface area contributed by atoms with Crippen LogP contribution in [0.5, 0.6) is 5.75 Å². The molecular formula is C14H18Cl2F2N2O. The van der Waals surface area contributed by atoms with Crippen LogP contribution in [-0.4, -0.2) is 38.2 Å². The monoisotopic (exact) mass is 338 g/mol. The SMILES string of the molecule is CN1CCCC(CNc2cc(Cl)c(OC(F)F)c(Cl)c2)C1. The van der Waals surface area contributed by atoms with Gasteiger partial charge in [0, 0.05) is 18.8 Å². The third-order valence-electron chi connectivity index (χ3n) is 3.52. The molecule has 1 aromatic carbocycles. The number of likely N-dealkylation sites (tertiary alicyclic amines) is 1. The highest BCUT2D eigenvalue weighted by Crippen LogP contribution is 2.37. The molecule has 1 saturated heterocycles. The Balaban J connectivity index is 1.97. The fourth-order valence-corrected chi connectivity index (χ4v) is 3.14. The molecule has 7 heteroatoms. The molecular weight excluding hydrogens is 321 g/mol. The van der Waals surface area contributed by atoms with Crippen molar-refractivity contribution in [1.29, 1.82) is 0 Å². The molecule has 0 amide bonds. The highest BCUT2D eigenvalue weighted by molar-refractivity contribution is 6.37. The average molecular weight is 339 g/mol. The lowest BCUT2D eigenvalue weighted by Gasteiger charge is -2.30. The lowest BCUT2D eigenvalue weighted by atomic mass is 9.98. The second kappa shape index (κ2) is 7.47. The minimum Gasteiger partial charge on any atom is -0.432 e. The fourth-order valence-electron chi connectivity index (χ4n) is 2.57. The van der Waals surface area contributed by atoms with Gasteiger partial charge in [-0.15, -0.1) is 0 Å². The smallest absolute Gasteiger partial charge is 0.387 e. The van der Waals surface area contributed by atoms with E-state index in [-0.39, 0.29) is 15.8 Å². The van der Waals surface area contributed by atoms with Gasteiger partial charge in [0.25, 0.3) is 0 Å². The Bertz CT molecular complexity index is 465. The first kappa shape index (κ1) is 16.6. The van der Waals surface area contributed by atoms with Crippen LogP contribution in [0.2, 0.25) is 10.0 Å². The van der Waals surface area contributed by atoms with E-state index in [0.29, 0.717) is 11.6 Å². The van der Waals surface area contributed by atoms with Crippen LogP contribution < -0.4 is 10.1 Å². The lowest BCUT2D eigenvalue weighted by Crippen LogP contribution is -2.35. The Morgan fingerprint density at radius 1 is 1.38 bits per heavy atom. The molecule has 1 fully saturated rings. The minimum absolute atomic E-state index is 0.0751. The van der Waals surface area contributed by atoms with Gasteiger partial charge in [-0.2, -0.15) is 8.78 Å². The molecule has 1 atom stereocenters. The molecule has 1 aromatic rings. The molecule has 1 unspecified atom stereocenters. The standard InChI is InChI=1S/C14H18Cl2F2N2O/c1-20-4-2-3-9(8-20)7-19-10-5-11(15)13(12(16)6-10)21-14(17)18/h5-6,9,14,19H,2-4,7-8H2,1H3. The number of halogens is 4. The summed E-state index contributed by atoms with van der Waals surface area (Å²) in [5.41, 5.74) is 0.708. The summed E-state index contributed by atoms with van der Waals surface area (Å²) in [6.07, 6.45) is 2.36. The van der Waals surface area contributed by atoms with Crippen LogP contribution in [0, 0.1) is 5.92 Å². The molecule has 1 aliphatic heterocycles. The van der Waals surface area contributed by atoms with E-state index in [1.165, 1.54) is 12.8 Å². The third-order valence-corrected chi connectivity index (χ3v) is 4.08. The third kappa shape index (κ3) is 4.87. The molecule has 21 heavy (non-hydrogen) atoms. The van der Waals surface area contributed by atoms with E-state index in [1.807, 2.05) is 0 Å². The number of nitrogens with one attached hydrogen (secondary N) is 1. The van der Waals surface area contributed by atoms with Gasteiger partial charge in [-0.25, -0.2) is 0 Å². The number of nitrogens with zero attached hydrogens (tertiary/aromatic N) is 1. The van der Waals surface area contributed by atoms with E-state index >= 15 is 0 Å². The quantitative estimate of drug-likeness (QED) is 0.863. The Morgan fingerprint density at radius 2 is 2.05 bits per heavy atom. The lowest BCUT2D eigenvalue weighted by molar-refractivity contribution is -0.0497. The van der Waals surface area contributed by atoms with E-state index in [1.54, 1.807) is 12.1 Å². The molecule has 1 heterocycles. The van der Waals surface area contributed by atoms with Crippen LogP contribution in [0.3, 0.4) is 0 Å². The van der Waals surface area contributed by atoms with Crippen molar-refractivity contribution in [2.75, 3.05) is 32.0 Å². The molecule has 2 rings (SSSR count). The van der Waals surface area contributed by atoms with Crippen molar-refractivity contribution in [2.24, 2.45) is 5.92 Å². The maximum absolute atomic E-state index is 12.2. The van der Waals surface area contributed by atoms with Crippen LogP contribution in [0.15, 0.2) is 12.1 Å². The number of ether oxygens (including phenoxy) is 1. The molecule has 0 radical (unpaired) electrons. The number of benzene rings is 1. The normalized spacial score (nSPS) is 19.8. The van der Waals surface area contributed by atoms with Gasteiger partial charge >= 0.3 is 6.61 Å². The number of hydrogen-bond donors (Lipinski definition) is 1. The summed E-state index contributed by atoms with van der Waals surface area (Å²) in [6, 6.07) is 3.11. The van der Waals surface area contributed by atoms with Crippen molar-refractivity contribution in [1.82, 2.24) is 4.90 Å². The predicted molar refractivity (Wildman–Crippen MR) is 81.8 cm³/mol. The number of hydrogen-bond acceptors (Lipinski definition) is 3. The predicted octanol–water partition coefficient (Wildman–Crippen LogP) is 4.35. The Labute approximate surface area is 133 Å². The van der Waals surface area contributed by atoms with Crippen LogP contribution >= 0.6 is 23.2 Å². The van der Waals surface area contributed by atoms with Crippen molar-refractivity contribution in [2.45, 2.75) is 19.5 Å². The topological polar surface area (TPSA) is 24.5 Å². The Hall–Kier alpha value is -0.780.